The van der Waals surface area contributed by atoms with E-state index in [4.69, 9.17) is 9.47 Å². The summed E-state index contributed by atoms with van der Waals surface area (Å²) in [6.07, 6.45) is 6.90. The van der Waals surface area contributed by atoms with Crippen molar-refractivity contribution in [2.45, 2.75) is 90.5 Å². The van der Waals surface area contributed by atoms with Gasteiger partial charge in [-0.05, 0) is 131 Å². The second-order valence-corrected chi connectivity index (χ2v) is 15.4. The molecule has 1 atom stereocenters. The number of carbonyl (C=O) groups excluding carboxylic acids is 2. The van der Waals surface area contributed by atoms with Crippen LogP contribution in [0.2, 0.25) is 0 Å². The smallest absolute Gasteiger partial charge is 0.236 e. The summed E-state index contributed by atoms with van der Waals surface area (Å²) in [6, 6.07) is 13.6. The molecule has 0 saturated carbocycles. The lowest BCUT2D eigenvalue weighted by molar-refractivity contribution is -0.135. The molecule has 266 valence electrons. The van der Waals surface area contributed by atoms with Crippen LogP contribution in [0.5, 0.6) is 11.5 Å². The highest BCUT2D eigenvalue weighted by Crippen LogP contribution is 2.40. The lowest BCUT2D eigenvalue weighted by Crippen LogP contribution is -2.47. The molecule has 3 aliphatic rings. The highest BCUT2D eigenvalue weighted by atomic mass is 16.5. The van der Waals surface area contributed by atoms with Gasteiger partial charge in [0.25, 0.3) is 0 Å². The van der Waals surface area contributed by atoms with Gasteiger partial charge >= 0.3 is 0 Å². The predicted octanol–water partition coefficient (Wildman–Crippen LogP) is 7.47. The third-order valence-corrected chi connectivity index (χ3v) is 11.6. The normalized spacial score (nSPS) is 20.4. The second-order valence-electron chi connectivity index (χ2n) is 15.4. The topological polar surface area (TPSA) is 78.1 Å². The maximum absolute atomic E-state index is 13.5. The summed E-state index contributed by atoms with van der Waals surface area (Å²) < 4.78 is 11.1. The Morgan fingerprint density at radius 1 is 0.857 bits per heavy atom. The fourth-order valence-corrected chi connectivity index (χ4v) is 8.64. The third kappa shape index (κ3) is 8.01. The lowest BCUT2D eigenvalue weighted by atomic mass is 9.84. The molecule has 49 heavy (non-hydrogen) atoms. The predicted molar refractivity (Wildman–Crippen MR) is 198 cm³/mol. The monoisotopic (exact) mass is 670 g/mol. The molecule has 1 amide bonds. The molecular weight excluding hydrogens is 612 g/mol. The molecule has 3 aliphatic heterocycles. The molecule has 3 aromatic rings. The van der Waals surface area contributed by atoms with E-state index in [1.165, 1.54) is 16.5 Å². The van der Waals surface area contributed by atoms with Crippen molar-refractivity contribution in [3.05, 3.63) is 47.5 Å². The molecule has 0 spiro atoms. The molecule has 0 radical (unpaired) electrons. The molecule has 1 unspecified atom stereocenters. The molecule has 2 aromatic carbocycles. The van der Waals surface area contributed by atoms with Crippen LogP contribution in [0.25, 0.3) is 22.2 Å². The zero-order valence-electron chi connectivity index (χ0n) is 30.7. The summed E-state index contributed by atoms with van der Waals surface area (Å²) >= 11 is 0. The molecule has 0 bridgehead atoms. The standard InChI is InChI=1S/C41H58N4O4/c1-27(2)40-34-23-31(9-11-35(34)42-41(40)32-10-12-37(48-5)38(24-32)49-6)30-15-20-45(21-16-30)39(47)26-43-17-7-8-33(25-43)36(46)22-29-13-18-44(19-14-29)28(3)4/h9-12,23-24,27-30,33,42H,7-8,13-22,25-26H2,1-6H3. The van der Waals surface area contributed by atoms with Crippen molar-refractivity contribution in [1.29, 1.82) is 0 Å². The number of likely N-dealkylation sites (tertiary alicyclic amines) is 3. The summed E-state index contributed by atoms with van der Waals surface area (Å²) in [5.74, 6) is 3.46. The van der Waals surface area contributed by atoms with Gasteiger partial charge in [-0.1, -0.05) is 19.9 Å². The number of amides is 1. The summed E-state index contributed by atoms with van der Waals surface area (Å²) in [5, 5.41) is 1.27. The van der Waals surface area contributed by atoms with E-state index in [2.05, 4.69) is 71.6 Å². The van der Waals surface area contributed by atoms with E-state index < -0.39 is 0 Å². The number of ketones is 1. The molecule has 6 rings (SSSR count). The van der Waals surface area contributed by atoms with Crippen LogP contribution < -0.4 is 9.47 Å². The van der Waals surface area contributed by atoms with E-state index in [0.717, 1.165) is 112 Å². The second kappa shape index (κ2) is 15.7. The van der Waals surface area contributed by atoms with E-state index in [9.17, 15) is 9.59 Å². The zero-order valence-corrected chi connectivity index (χ0v) is 30.7. The minimum absolute atomic E-state index is 0.0850. The molecule has 3 saturated heterocycles. The average Bonchev–Trinajstić information content (AvgIpc) is 3.51. The first kappa shape index (κ1) is 35.5. The van der Waals surface area contributed by atoms with Crippen molar-refractivity contribution in [3.8, 4) is 22.8 Å². The Balaban J connectivity index is 1.04. The number of nitrogens with zero attached hydrogens (tertiary/aromatic N) is 3. The van der Waals surface area contributed by atoms with Crippen LogP contribution in [0.15, 0.2) is 36.4 Å². The number of hydrogen-bond donors (Lipinski definition) is 1. The minimum Gasteiger partial charge on any atom is -0.493 e. The lowest BCUT2D eigenvalue weighted by Gasteiger charge is -2.37. The number of methoxy groups -OCH3 is 2. The van der Waals surface area contributed by atoms with Crippen LogP contribution in [0.3, 0.4) is 0 Å². The fourth-order valence-electron chi connectivity index (χ4n) is 8.64. The van der Waals surface area contributed by atoms with Gasteiger partial charge in [0.15, 0.2) is 11.5 Å². The molecule has 8 heteroatoms. The molecule has 1 N–H and O–H groups in total. The Morgan fingerprint density at radius 3 is 2.27 bits per heavy atom. The first-order valence-electron chi connectivity index (χ1n) is 18.8. The SMILES string of the molecule is COc1ccc(-c2[nH]c3ccc(C4CCN(C(=O)CN5CCCC(C(=O)CC6CCN(C(C)C)CC6)C5)CC4)cc3c2C(C)C)cc1OC. The van der Waals surface area contributed by atoms with E-state index in [1.807, 2.05) is 12.1 Å². The molecule has 8 nitrogen and oxygen atoms in total. The van der Waals surface area contributed by atoms with Crippen LogP contribution in [-0.4, -0.2) is 97.4 Å². The molecule has 4 heterocycles. The number of aromatic amines is 1. The van der Waals surface area contributed by atoms with Crippen molar-refractivity contribution in [2.24, 2.45) is 11.8 Å². The number of piperidine rings is 3. The third-order valence-electron chi connectivity index (χ3n) is 11.6. The summed E-state index contributed by atoms with van der Waals surface area (Å²) in [7, 11) is 3.33. The largest absolute Gasteiger partial charge is 0.493 e. The summed E-state index contributed by atoms with van der Waals surface area (Å²) in [5.41, 5.74) is 6.01. The molecule has 0 aliphatic carbocycles. The quantitative estimate of drug-likeness (QED) is 0.228. The minimum atomic E-state index is 0.0850. The average molecular weight is 671 g/mol. The van der Waals surface area contributed by atoms with E-state index >= 15 is 0 Å². The van der Waals surface area contributed by atoms with Crippen LogP contribution in [0.4, 0.5) is 0 Å². The maximum Gasteiger partial charge on any atom is 0.236 e. The van der Waals surface area contributed by atoms with Gasteiger partial charge in [-0.25, -0.2) is 0 Å². The van der Waals surface area contributed by atoms with Gasteiger partial charge in [0.1, 0.15) is 5.78 Å². The van der Waals surface area contributed by atoms with Crippen molar-refractivity contribution in [3.63, 3.8) is 0 Å². The number of fused-ring (bicyclic) bond motifs is 1. The van der Waals surface area contributed by atoms with Gasteiger partial charge in [-0.3, -0.25) is 14.5 Å². The van der Waals surface area contributed by atoms with Gasteiger partial charge in [-0.15, -0.1) is 0 Å². The number of hydrogen-bond acceptors (Lipinski definition) is 6. The number of benzene rings is 2. The van der Waals surface area contributed by atoms with Gasteiger partial charge in [-0.2, -0.15) is 0 Å². The highest BCUT2D eigenvalue weighted by Gasteiger charge is 2.32. The van der Waals surface area contributed by atoms with E-state index in [-0.39, 0.29) is 11.8 Å². The number of nitrogens with one attached hydrogen (secondary N) is 1. The number of H-pyrrole nitrogens is 1. The van der Waals surface area contributed by atoms with Crippen LogP contribution in [0, 0.1) is 11.8 Å². The Kier molecular flexibility index (Phi) is 11.3. The van der Waals surface area contributed by atoms with Gasteiger partial charge < -0.3 is 24.3 Å². The van der Waals surface area contributed by atoms with Crippen molar-refractivity contribution >= 4 is 22.6 Å². The summed E-state index contributed by atoms with van der Waals surface area (Å²) in [6.45, 7) is 14.9. The Labute approximate surface area is 293 Å². The van der Waals surface area contributed by atoms with Gasteiger partial charge in [0, 0.05) is 54.5 Å². The van der Waals surface area contributed by atoms with Crippen molar-refractivity contribution < 1.29 is 19.1 Å². The Hall–Kier alpha value is -3.36. The fraction of sp³-hybridized carbons (Fsp3) is 0.610. The number of carbonyl (C=O) groups is 2. The number of Topliss-reactive ketones (excluding diaryl/α,β-unsaturated/α-hetero) is 1. The Morgan fingerprint density at radius 2 is 1.59 bits per heavy atom. The van der Waals surface area contributed by atoms with Crippen LogP contribution in [-0.2, 0) is 9.59 Å². The van der Waals surface area contributed by atoms with Crippen LogP contribution in [0.1, 0.15) is 95.6 Å². The first-order valence-corrected chi connectivity index (χ1v) is 18.8. The maximum atomic E-state index is 13.5. The number of rotatable bonds is 11. The van der Waals surface area contributed by atoms with E-state index in [0.29, 0.717) is 36.1 Å². The van der Waals surface area contributed by atoms with E-state index in [1.54, 1.807) is 14.2 Å². The first-order chi connectivity index (χ1) is 23.6. The van der Waals surface area contributed by atoms with Gasteiger partial charge in [0.05, 0.1) is 26.5 Å². The number of aromatic nitrogens is 1. The van der Waals surface area contributed by atoms with Crippen LogP contribution >= 0.6 is 0 Å². The molecule has 3 fully saturated rings. The number of ether oxygens (including phenoxy) is 2. The zero-order chi connectivity index (χ0) is 34.7. The molecule has 1 aromatic heterocycles. The van der Waals surface area contributed by atoms with Crippen molar-refractivity contribution in [1.82, 2.24) is 19.7 Å². The van der Waals surface area contributed by atoms with Gasteiger partial charge in [0.2, 0.25) is 5.91 Å². The Bertz CT molecular complexity index is 1600. The molecular formula is C41H58N4O4. The summed E-state index contributed by atoms with van der Waals surface area (Å²) in [4.78, 5) is 37.3. The highest BCUT2D eigenvalue weighted by molar-refractivity contribution is 5.92. The van der Waals surface area contributed by atoms with Crippen molar-refractivity contribution in [2.75, 3.05) is 60.0 Å².